The Morgan fingerprint density at radius 1 is 0.273 bits per heavy atom. The topological polar surface area (TPSA) is 8.17 Å². The molecule has 0 N–H and O–H groups in total. The van der Waals surface area contributed by atoms with Crippen LogP contribution in [-0.4, -0.2) is 4.57 Å². The van der Waals surface area contributed by atoms with Crippen LogP contribution in [0.25, 0.3) is 93.5 Å². The standard InChI is InChI=1S/C75H50N2/c1-5-19-51(20-6-1)53-33-40-59(41-34-53)76(62-46-47-71-68(50-62)65-29-17-18-32-70(65)75(71,57-23-9-3-10-24-57)58-25-11-4-12-26-58)60-42-35-54(36-43-60)55-37-44-61(45-38-55)77-72-48-39-56(52-21-7-2-8-22-52)49-69(72)73-66-30-15-13-27-63(66)64-28-14-16-31-67(64)74(73)77/h1-50H. The summed E-state index contributed by atoms with van der Waals surface area (Å²) in [7, 11) is 0. The van der Waals surface area contributed by atoms with Crippen LogP contribution in [0.5, 0.6) is 0 Å². The van der Waals surface area contributed by atoms with Gasteiger partial charge in [0.2, 0.25) is 0 Å². The molecule has 1 heterocycles. The van der Waals surface area contributed by atoms with E-state index >= 15 is 0 Å². The van der Waals surface area contributed by atoms with Crippen molar-refractivity contribution in [1.82, 2.24) is 4.57 Å². The van der Waals surface area contributed by atoms with Crippen molar-refractivity contribution >= 4 is 60.4 Å². The highest BCUT2D eigenvalue weighted by molar-refractivity contribution is 6.32. The van der Waals surface area contributed by atoms with Gasteiger partial charge in [-0.1, -0.05) is 243 Å². The van der Waals surface area contributed by atoms with Crippen molar-refractivity contribution in [2.75, 3.05) is 4.90 Å². The maximum Gasteiger partial charge on any atom is 0.0713 e. The summed E-state index contributed by atoms with van der Waals surface area (Å²) in [6.07, 6.45) is 0. The van der Waals surface area contributed by atoms with Gasteiger partial charge in [0.25, 0.3) is 0 Å². The molecule has 360 valence electrons. The average Bonchev–Trinajstić information content (AvgIpc) is 4.16. The fourth-order valence-corrected chi connectivity index (χ4v) is 12.8. The predicted molar refractivity (Wildman–Crippen MR) is 324 cm³/mol. The molecule has 0 aliphatic heterocycles. The smallest absolute Gasteiger partial charge is 0.0713 e. The Hall–Kier alpha value is -10.0. The highest BCUT2D eigenvalue weighted by Crippen LogP contribution is 2.57. The van der Waals surface area contributed by atoms with Gasteiger partial charge in [-0.25, -0.2) is 0 Å². The Balaban J connectivity index is 0.848. The Morgan fingerprint density at radius 2 is 0.701 bits per heavy atom. The number of rotatable bonds is 9. The number of aromatic nitrogens is 1. The van der Waals surface area contributed by atoms with Gasteiger partial charge in [0.05, 0.1) is 16.4 Å². The molecule has 0 saturated heterocycles. The van der Waals surface area contributed by atoms with Crippen molar-refractivity contribution in [2.24, 2.45) is 0 Å². The van der Waals surface area contributed by atoms with Gasteiger partial charge in [0.15, 0.2) is 0 Å². The third-order valence-electron chi connectivity index (χ3n) is 16.3. The molecule has 1 aliphatic carbocycles. The Morgan fingerprint density at radius 3 is 1.30 bits per heavy atom. The van der Waals surface area contributed by atoms with Crippen LogP contribution in [0.2, 0.25) is 0 Å². The number of hydrogen-bond donors (Lipinski definition) is 0. The maximum absolute atomic E-state index is 2.49. The SMILES string of the molecule is c1ccc(-c2ccc(N(c3ccc(-c4ccc(-n5c6ccc(-c7ccccc7)cc6c6c7ccccc7c7ccccc7c65)cc4)cc3)c3ccc4c(c3)-c3ccccc3C4(c3ccccc3)c3ccccc3)cc2)cc1. The summed E-state index contributed by atoms with van der Waals surface area (Å²) in [6.45, 7) is 0. The van der Waals surface area contributed by atoms with Crippen molar-refractivity contribution in [2.45, 2.75) is 5.41 Å². The first-order valence-electron chi connectivity index (χ1n) is 26.7. The van der Waals surface area contributed by atoms with E-state index in [1.807, 2.05) is 0 Å². The summed E-state index contributed by atoms with van der Waals surface area (Å²) in [6, 6.07) is 112. The summed E-state index contributed by atoms with van der Waals surface area (Å²) >= 11 is 0. The molecule has 0 atom stereocenters. The summed E-state index contributed by atoms with van der Waals surface area (Å²) < 4.78 is 2.49. The monoisotopic (exact) mass is 978 g/mol. The lowest BCUT2D eigenvalue weighted by Gasteiger charge is -2.34. The molecule has 77 heavy (non-hydrogen) atoms. The molecule has 1 aromatic heterocycles. The zero-order valence-electron chi connectivity index (χ0n) is 42.3. The van der Waals surface area contributed by atoms with E-state index in [0.29, 0.717) is 0 Å². The molecule has 14 aromatic rings. The van der Waals surface area contributed by atoms with Crippen molar-refractivity contribution < 1.29 is 0 Å². The second-order valence-corrected chi connectivity index (χ2v) is 20.3. The largest absolute Gasteiger partial charge is 0.310 e. The van der Waals surface area contributed by atoms with Crippen LogP contribution in [0.1, 0.15) is 22.3 Å². The van der Waals surface area contributed by atoms with E-state index in [4.69, 9.17) is 0 Å². The summed E-state index contributed by atoms with van der Waals surface area (Å²) in [5, 5.41) is 7.59. The first kappa shape index (κ1) is 44.5. The molecule has 0 amide bonds. The van der Waals surface area contributed by atoms with E-state index in [1.165, 1.54) is 99.0 Å². The molecule has 2 nitrogen and oxygen atoms in total. The first-order valence-corrected chi connectivity index (χ1v) is 26.7. The lowest BCUT2D eigenvalue weighted by molar-refractivity contribution is 0.768. The normalized spacial score (nSPS) is 12.5. The summed E-state index contributed by atoms with van der Waals surface area (Å²) in [4.78, 5) is 2.41. The van der Waals surface area contributed by atoms with Crippen LogP contribution in [0.15, 0.2) is 303 Å². The predicted octanol–water partition coefficient (Wildman–Crippen LogP) is 19.9. The lowest BCUT2D eigenvalue weighted by Crippen LogP contribution is -2.28. The quantitative estimate of drug-likeness (QED) is 0.131. The van der Waals surface area contributed by atoms with Crippen LogP contribution in [0.3, 0.4) is 0 Å². The van der Waals surface area contributed by atoms with E-state index in [9.17, 15) is 0 Å². The molecule has 1 aliphatic rings. The van der Waals surface area contributed by atoms with Crippen LogP contribution in [0.4, 0.5) is 17.1 Å². The minimum absolute atomic E-state index is 0.470. The summed E-state index contributed by atoms with van der Waals surface area (Å²) in [5.41, 5.74) is 21.1. The second-order valence-electron chi connectivity index (χ2n) is 20.3. The zero-order valence-corrected chi connectivity index (χ0v) is 42.3. The maximum atomic E-state index is 2.49. The van der Waals surface area contributed by atoms with Gasteiger partial charge in [0.1, 0.15) is 0 Å². The van der Waals surface area contributed by atoms with E-state index in [-0.39, 0.29) is 0 Å². The number of benzene rings is 13. The molecular formula is C75H50N2. The zero-order chi connectivity index (χ0) is 50.9. The highest BCUT2D eigenvalue weighted by atomic mass is 15.1. The molecular weight excluding hydrogens is 929 g/mol. The number of anilines is 3. The van der Waals surface area contributed by atoms with Crippen LogP contribution >= 0.6 is 0 Å². The Bertz CT molecular complexity index is 4460. The van der Waals surface area contributed by atoms with E-state index in [1.54, 1.807) is 0 Å². The number of hydrogen-bond acceptors (Lipinski definition) is 1. The number of fused-ring (bicyclic) bond motifs is 11. The summed E-state index contributed by atoms with van der Waals surface area (Å²) in [5.74, 6) is 0. The first-order chi connectivity index (χ1) is 38.2. The number of nitrogens with zero attached hydrogens (tertiary/aromatic N) is 2. The van der Waals surface area contributed by atoms with E-state index in [0.717, 1.165) is 33.9 Å². The lowest BCUT2D eigenvalue weighted by atomic mass is 9.68. The van der Waals surface area contributed by atoms with Crippen LogP contribution in [-0.2, 0) is 5.41 Å². The Labute approximate surface area is 448 Å². The molecule has 0 saturated carbocycles. The molecule has 0 bridgehead atoms. The minimum Gasteiger partial charge on any atom is -0.310 e. The second kappa shape index (κ2) is 18.1. The minimum atomic E-state index is -0.470. The molecule has 0 radical (unpaired) electrons. The molecule has 0 fully saturated rings. The van der Waals surface area contributed by atoms with Gasteiger partial charge >= 0.3 is 0 Å². The van der Waals surface area contributed by atoms with E-state index < -0.39 is 5.41 Å². The molecule has 0 spiro atoms. The van der Waals surface area contributed by atoms with Crippen molar-refractivity contribution in [3.05, 3.63) is 326 Å². The van der Waals surface area contributed by atoms with Gasteiger partial charge in [-0.3, -0.25) is 0 Å². The molecule has 15 rings (SSSR count). The molecule has 0 unspecified atom stereocenters. The highest BCUT2D eigenvalue weighted by Gasteiger charge is 2.46. The third kappa shape index (κ3) is 7.10. The fourth-order valence-electron chi connectivity index (χ4n) is 12.8. The molecule has 2 heteroatoms. The van der Waals surface area contributed by atoms with Crippen molar-refractivity contribution in [3.8, 4) is 50.2 Å². The van der Waals surface area contributed by atoms with Gasteiger partial charge in [0, 0.05) is 38.9 Å². The molecule has 13 aromatic carbocycles. The van der Waals surface area contributed by atoms with Gasteiger partial charge in [-0.15, -0.1) is 0 Å². The average molecular weight is 979 g/mol. The van der Waals surface area contributed by atoms with Gasteiger partial charge < -0.3 is 9.47 Å². The Kier molecular flexibility index (Phi) is 10.5. The van der Waals surface area contributed by atoms with Crippen LogP contribution < -0.4 is 4.90 Å². The fraction of sp³-hybridized carbons (Fsp3) is 0.0133. The van der Waals surface area contributed by atoms with Gasteiger partial charge in [-0.05, 0) is 144 Å². The van der Waals surface area contributed by atoms with Gasteiger partial charge in [-0.2, -0.15) is 0 Å². The third-order valence-corrected chi connectivity index (χ3v) is 16.3. The van der Waals surface area contributed by atoms with Crippen molar-refractivity contribution in [1.29, 1.82) is 0 Å². The van der Waals surface area contributed by atoms with Crippen molar-refractivity contribution in [3.63, 3.8) is 0 Å². The van der Waals surface area contributed by atoms with E-state index in [2.05, 4.69) is 313 Å². The van der Waals surface area contributed by atoms with Crippen LogP contribution in [0, 0.1) is 0 Å².